The molecule has 19 heavy (non-hydrogen) atoms. The topological polar surface area (TPSA) is 143 Å². The number of aromatic amines is 1. The number of nitrogens with zero attached hydrogens (tertiary/aromatic N) is 1. The van der Waals surface area contributed by atoms with Gasteiger partial charge >= 0.3 is 0 Å². The second-order valence-corrected chi connectivity index (χ2v) is 4.26. The molecule has 4 N–H and O–H groups in total. The number of hydrogen-bond acceptors (Lipinski definition) is 7. The van der Waals surface area contributed by atoms with Crippen LogP contribution in [0, 0.1) is 5.92 Å². The molecule has 1 aromatic rings. The van der Waals surface area contributed by atoms with Crippen molar-refractivity contribution in [2.75, 3.05) is 12.3 Å². The Morgan fingerprint density at radius 2 is 2.11 bits per heavy atom. The molecule has 0 aromatic carbocycles. The van der Waals surface area contributed by atoms with Gasteiger partial charge in [0.2, 0.25) is 5.95 Å². The lowest BCUT2D eigenvalue weighted by Gasteiger charge is -2.20. The van der Waals surface area contributed by atoms with Crippen LogP contribution >= 0.6 is 0 Å². The Labute approximate surface area is 106 Å². The van der Waals surface area contributed by atoms with Gasteiger partial charge in [-0.15, -0.1) is 0 Å². The van der Waals surface area contributed by atoms with Crippen LogP contribution in [0.1, 0.15) is 33.7 Å². The Morgan fingerprint density at radius 3 is 2.74 bits per heavy atom. The predicted molar refractivity (Wildman–Crippen MR) is 62.7 cm³/mol. The fourth-order valence-corrected chi connectivity index (χ4v) is 2.04. The van der Waals surface area contributed by atoms with Gasteiger partial charge in [0.15, 0.2) is 17.3 Å². The summed E-state index contributed by atoms with van der Waals surface area (Å²) >= 11 is 0. The highest BCUT2D eigenvalue weighted by atomic mass is 16.3. The molecular formula is C11H11N3O5. The lowest BCUT2D eigenvalue weighted by Crippen LogP contribution is -2.36. The third-order valence-corrected chi connectivity index (χ3v) is 2.90. The largest absolute Gasteiger partial charge is 0.389 e. The smallest absolute Gasteiger partial charge is 0.263 e. The summed E-state index contributed by atoms with van der Waals surface area (Å²) in [6.07, 6.45) is -0.488. The lowest BCUT2D eigenvalue weighted by atomic mass is 9.82. The van der Waals surface area contributed by atoms with Crippen LogP contribution in [0.4, 0.5) is 5.95 Å². The maximum Gasteiger partial charge on any atom is 0.263 e. The van der Waals surface area contributed by atoms with Crippen LogP contribution in [-0.2, 0) is 4.79 Å². The Kier molecular flexibility index (Phi) is 3.26. The number of aliphatic hydroxyl groups is 1. The minimum Gasteiger partial charge on any atom is -0.389 e. The zero-order valence-electron chi connectivity index (χ0n) is 9.80. The van der Waals surface area contributed by atoms with Gasteiger partial charge in [0.05, 0.1) is 0 Å². The van der Waals surface area contributed by atoms with E-state index in [1.807, 2.05) is 0 Å². The fourth-order valence-electron chi connectivity index (χ4n) is 2.04. The molecule has 1 aliphatic rings. The number of ketones is 3. The number of rotatable bonds is 3. The molecule has 100 valence electrons. The second-order valence-electron chi connectivity index (χ2n) is 4.26. The summed E-state index contributed by atoms with van der Waals surface area (Å²) in [5, 5.41) is 8.66. The average Bonchev–Trinajstić information content (AvgIpc) is 2.34. The molecular weight excluding hydrogens is 254 g/mol. The highest BCUT2D eigenvalue weighted by Gasteiger charge is 2.37. The molecule has 1 atom stereocenters. The summed E-state index contributed by atoms with van der Waals surface area (Å²) in [4.78, 5) is 52.5. The third-order valence-electron chi connectivity index (χ3n) is 2.90. The normalized spacial score (nSPS) is 18.3. The standard InChI is InChI=1S/C11H11N3O5/c12-11-13-8-6(17)2-4(1-5(16)3-15)9(18)7(8)10(19)14-11/h4,15H,1-3H2,(H3,12,13,14,19). The maximum absolute atomic E-state index is 12.1. The van der Waals surface area contributed by atoms with E-state index in [0.29, 0.717) is 0 Å². The number of H-pyrrole nitrogens is 1. The quantitative estimate of drug-likeness (QED) is 0.615. The van der Waals surface area contributed by atoms with Crippen molar-refractivity contribution in [3.8, 4) is 0 Å². The molecule has 0 spiro atoms. The van der Waals surface area contributed by atoms with Gasteiger partial charge in [-0.25, -0.2) is 4.98 Å². The van der Waals surface area contributed by atoms with E-state index in [1.54, 1.807) is 0 Å². The van der Waals surface area contributed by atoms with Crippen LogP contribution in [0.25, 0.3) is 0 Å². The van der Waals surface area contributed by atoms with Gasteiger partial charge in [-0.1, -0.05) is 0 Å². The number of hydrogen-bond donors (Lipinski definition) is 3. The molecule has 0 saturated carbocycles. The molecule has 0 aliphatic heterocycles. The Hall–Kier alpha value is -2.35. The van der Waals surface area contributed by atoms with E-state index < -0.39 is 35.4 Å². The van der Waals surface area contributed by atoms with Crippen LogP contribution in [0.2, 0.25) is 0 Å². The number of Topliss-reactive ketones (excluding diaryl/α,β-unsaturated/α-hetero) is 3. The molecule has 1 aliphatic carbocycles. The second kappa shape index (κ2) is 4.73. The SMILES string of the molecule is Nc1nc2c(c(=O)[nH]1)C(=O)C(CC(=O)CO)CC2=O. The maximum atomic E-state index is 12.1. The van der Waals surface area contributed by atoms with Crippen molar-refractivity contribution in [2.45, 2.75) is 12.8 Å². The molecule has 2 rings (SSSR count). The monoisotopic (exact) mass is 265 g/mol. The first kappa shape index (κ1) is 13.1. The molecule has 1 aromatic heterocycles. The van der Waals surface area contributed by atoms with Crippen LogP contribution in [-0.4, -0.2) is 39.0 Å². The van der Waals surface area contributed by atoms with Gasteiger partial charge in [0.1, 0.15) is 17.9 Å². The van der Waals surface area contributed by atoms with E-state index in [9.17, 15) is 19.2 Å². The first-order valence-corrected chi connectivity index (χ1v) is 5.53. The molecule has 0 saturated heterocycles. The van der Waals surface area contributed by atoms with Crippen molar-refractivity contribution >= 4 is 23.3 Å². The van der Waals surface area contributed by atoms with Gasteiger partial charge in [0, 0.05) is 18.8 Å². The Balaban J connectivity index is 2.46. The number of fused-ring (bicyclic) bond motifs is 1. The van der Waals surface area contributed by atoms with E-state index in [1.165, 1.54) is 0 Å². The van der Waals surface area contributed by atoms with E-state index in [2.05, 4.69) is 9.97 Å². The van der Waals surface area contributed by atoms with Crippen molar-refractivity contribution < 1.29 is 19.5 Å². The molecule has 0 radical (unpaired) electrons. The first-order chi connectivity index (χ1) is 8.93. The molecule has 1 unspecified atom stereocenters. The minimum absolute atomic E-state index is 0.215. The number of carbonyl (C=O) groups excluding carboxylic acids is 3. The van der Waals surface area contributed by atoms with Crippen LogP contribution in [0.5, 0.6) is 0 Å². The predicted octanol–water partition coefficient (Wildman–Crippen LogP) is -1.31. The summed E-state index contributed by atoms with van der Waals surface area (Å²) in [5.74, 6) is -2.86. The minimum atomic E-state index is -0.925. The van der Waals surface area contributed by atoms with Gasteiger partial charge in [-0.3, -0.25) is 24.2 Å². The molecule has 8 heteroatoms. The van der Waals surface area contributed by atoms with E-state index >= 15 is 0 Å². The summed E-state index contributed by atoms with van der Waals surface area (Å²) in [6, 6.07) is 0. The van der Waals surface area contributed by atoms with Crippen LogP contribution < -0.4 is 11.3 Å². The summed E-state index contributed by atoms with van der Waals surface area (Å²) < 4.78 is 0. The number of anilines is 1. The van der Waals surface area contributed by atoms with Gasteiger partial charge < -0.3 is 10.8 Å². The lowest BCUT2D eigenvalue weighted by molar-refractivity contribution is -0.122. The Morgan fingerprint density at radius 1 is 1.42 bits per heavy atom. The van der Waals surface area contributed by atoms with Crippen molar-refractivity contribution in [3.05, 3.63) is 21.6 Å². The zero-order valence-corrected chi connectivity index (χ0v) is 9.80. The van der Waals surface area contributed by atoms with E-state index in [-0.39, 0.29) is 30.0 Å². The number of nitrogens with one attached hydrogen (secondary N) is 1. The number of aliphatic hydroxyl groups excluding tert-OH is 1. The molecule has 0 amide bonds. The van der Waals surface area contributed by atoms with Crippen molar-refractivity contribution in [1.29, 1.82) is 0 Å². The van der Waals surface area contributed by atoms with E-state index in [0.717, 1.165) is 0 Å². The molecule has 1 heterocycles. The van der Waals surface area contributed by atoms with E-state index in [4.69, 9.17) is 10.8 Å². The highest BCUT2D eigenvalue weighted by molar-refractivity contribution is 6.14. The van der Waals surface area contributed by atoms with Gasteiger partial charge in [-0.05, 0) is 0 Å². The van der Waals surface area contributed by atoms with Crippen LogP contribution in [0.3, 0.4) is 0 Å². The zero-order chi connectivity index (χ0) is 14.2. The number of carbonyl (C=O) groups is 3. The average molecular weight is 265 g/mol. The van der Waals surface area contributed by atoms with Crippen molar-refractivity contribution in [1.82, 2.24) is 9.97 Å². The molecule has 0 fully saturated rings. The summed E-state index contributed by atoms with van der Waals surface area (Å²) in [7, 11) is 0. The number of nitrogens with two attached hydrogens (primary N) is 1. The van der Waals surface area contributed by atoms with Crippen molar-refractivity contribution in [3.63, 3.8) is 0 Å². The van der Waals surface area contributed by atoms with Crippen molar-refractivity contribution in [2.24, 2.45) is 5.92 Å². The molecule has 0 bridgehead atoms. The summed E-state index contributed by atoms with van der Waals surface area (Å²) in [5.41, 5.74) is 3.91. The van der Waals surface area contributed by atoms with Gasteiger partial charge in [-0.2, -0.15) is 0 Å². The number of aromatic nitrogens is 2. The van der Waals surface area contributed by atoms with Crippen LogP contribution in [0.15, 0.2) is 4.79 Å². The summed E-state index contributed by atoms with van der Waals surface area (Å²) in [6.45, 7) is -0.707. The first-order valence-electron chi connectivity index (χ1n) is 5.53. The Bertz CT molecular complexity index is 634. The molecule has 8 nitrogen and oxygen atoms in total. The number of nitrogen functional groups attached to an aromatic ring is 1. The highest BCUT2D eigenvalue weighted by Crippen LogP contribution is 2.24. The van der Waals surface area contributed by atoms with Gasteiger partial charge in [0.25, 0.3) is 5.56 Å². The third kappa shape index (κ3) is 2.29. The fraction of sp³-hybridized carbons (Fsp3) is 0.364.